The number of nitrogens with one attached hydrogen (secondary N) is 2. The van der Waals surface area contributed by atoms with Gasteiger partial charge in [0.15, 0.2) is 11.0 Å². The predicted octanol–water partition coefficient (Wildman–Crippen LogP) is 4.04. The van der Waals surface area contributed by atoms with Crippen LogP contribution < -0.4 is 10.6 Å². The summed E-state index contributed by atoms with van der Waals surface area (Å²) in [6.45, 7) is 5.90. The third-order valence-corrected chi connectivity index (χ3v) is 5.93. The minimum absolute atomic E-state index is 0.0208. The number of allylic oxidation sites excluding steroid dienone is 1. The highest BCUT2D eigenvalue weighted by atomic mass is 35.5. The highest BCUT2D eigenvalue weighted by Gasteiger charge is 2.21. The normalized spacial score (nSPS) is 11.5. The van der Waals surface area contributed by atoms with Gasteiger partial charge in [0.2, 0.25) is 5.91 Å². The average Bonchev–Trinajstić information content (AvgIpc) is 3.21. The van der Waals surface area contributed by atoms with Crippen molar-refractivity contribution in [3.05, 3.63) is 83.2 Å². The van der Waals surface area contributed by atoms with E-state index in [0.29, 0.717) is 33.8 Å². The summed E-state index contributed by atoms with van der Waals surface area (Å²) < 4.78 is 1.76. The van der Waals surface area contributed by atoms with Crippen LogP contribution in [0.4, 0.5) is 5.69 Å². The van der Waals surface area contributed by atoms with Crippen molar-refractivity contribution in [2.24, 2.45) is 0 Å². The molecule has 0 unspecified atom stereocenters. The summed E-state index contributed by atoms with van der Waals surface area (Å²) in [5.41, 5.74) is 0.812. The summed E-state index contributed by atoms with van der Waals surface area (Å²) in [4.78, 5) is 36.1. The number of carbonyl (C=O) groups excluding carboxylic acids is 2. The molecule has 2 amide bonds. The number of carboxylic acids is 1. The van der Waals surface area contributed by atoms with E-state index in [-0.39, 0.29) is 23.1 Å². The molecule has 0 aliphatic carbocycles. The molecular formula is C23H22ClN5O4S. The first-order chi connectivity index (χ1) is 16.3. The fraction of sp³-hybridized carbons (Fsp3) is 0.174. The molecular weight excluding hydrogens is 478 g/mol. The first-order valence-electron chi connectivity index (χ1n) is 10.2. The lowest BCUT2D eigenvalue weighted by Gasteiger charge is -2.15. The standard InChI is InChI=1S/C23H22ClN5O4S/c1-3-11-29-20(14(2)25-21(31)17-9-4-5-10-18(17)24)27-28-23(29)34-13-19(30)26-16-8-6-7-15(12-16)22(32)33/h3-10,12,14H,1,11,13H2,2H3,(H,25,31)(H,26,30)(H,32,33)/t14-/m0/s1. The molecule has 0 saturated carbocycles. The van der Waals surface area contributed by atoms with Crippen molar-refractivity contribution < 1.29 is 19.5 Å². The Morgan fingerprint density at radius 1 is 1.21 bits per heavy atom. The molecule has 1 aromatic heterocycles. The van der Waals surface area contributed by atoms with Crippen LogP contribution in [0.2, 0.25) is 5.02 Å². The number of hydrogen-bond acceptors (Lipinski definition) is 6. The van der Waals surface area contributed by atoms with Crippen LogP contribution in [-0.2, 0) is 11.3 Å². The van der Waals surface area contributed by atoms with Gasteiger partial charge >= 0.3 is 5.97 Å². The van der Waals surface area contributed by atoms with Crippen LogP contribution in [0.5, 0.6) is 0 Å². The van der Waals surface area contributed by atoms with E-state index < -0.39 is 12.0 Å². The van der Waals surface area contributed by atoms with E-state index in [0.717, 1.165) is 11.8 Å². The summed E-state index contributed by atoms with van der Waals surface area (Å²) in [6.07, 6.45) is 1.66. The van der Waals surface area contributed by atoms with Gasteiger partial charge in [0.1, 0.15) is 0 Å². The molecule has 0 spiro atoms. The molecule has 34 heavy (non-hydrogen) atoms. The highest BCUT2D eigenvalue weighted by Crippen LogP contribution is 2.22. The Morgan fingerprint density at radius 2 is 1.97 bits per heavy atom. The molecule has 2 aromatic carbocycles. The van der Waals surface area contributed by atoms with Crippen LogP contribution in [-0.4, -0.2) is 43.4 Å². The number of benzene rings is 2. The summed E-state index contributed by atoms with van der Waals surface area (Å²) in [5, 5.41) is 23.8. The Labute approximate surface area is 205 Å². The monoisotopic (exact) mass is 499 g/mol. The summed E-state index contributed by atoms with van der Waals surface area (Å²) in [6, 6.07) is 12.2. The molecule has 3 N–H and O–H groups in total. The first kappa shape index (κ1) is 25.0. The Kier molecular flexibility index (Phi) is 8.44. The first-order valence-corrected chi connectivity index (χ1v) is 11.5. The zero-order chi connectivity index (χ0) is 24.7. The lowest BCUT2D eigenvalue weighted by molar-refractivity contribution is -0.113. The quantitative estimate of drug-likeness (QED) is 0.284. The van der Waals surface area contributed by atoms with Gasteiger partial charge in [-0.05, 0) is 37.3 Å². The van der Waals surface area contributed by atoms with E-state index in [1.807, 2.05) is 0 Å². The van der Waals surface area contributed by atoms with Gasteiger partial charge in [-0.15, -0.1) is 16.8 Å². The van der Waals surface area contributed by atoms with E-state index in [1.54, 1.807) is 54.0 Å². The van der Waals surface area contributed by atoms with Gasteiger partial charge in [-0.25, -0.2) is 4.79 Å². The molecule has 1 heterocycles. The van der Waals surface area contributed by atoms with Gasteiger partial charge in [0, 0.05) is 12.2 Å². The lowest BCUT2D eigenvalue weighted by atomic mass is 10.2. The fourth-order valence-corrected chi connectivity index (χ4v) is 4.05. The summed E-state index contributed by atoms with van der Waals surface area (Å²) in [7, 11) is 0. The third-order valence-electron chi connectivity index (χ3n) is 4.64. The van der Waals surface area contributed by atoms with Gasteiger partial charge in [0.05, 0.1) is 27.9 Å². The van der Waals surface area contributed by atoms with Crippen LogP contribution >= 0.6 is 23.4 Å². The Hall–Kier alpha value is -3.63. The second-order valence-electron chi connectivity index (χ2n) is 7.14. The van der Waals surface area contributed by atoms with Crippen molar-refractivity contribution >= 4 is 46.8 Å². The summed E-state index contributed by atoms with van der Waals surface area (Å²) in [5.74, 6) is -1.23. The number of hydrogen-bond donors (Lipinski definition) is 3. The van der Waals surface area contributed by atoms with E-state index in [1.165, 1.54) is 12.1 Å². The average molecular weight is 500 g/mol. The fourth-order valence-electron chi connectivity index (χ4n) is 3.07. The largest absolute Gasteiger partial charge is 0.478 e. The molecule has 0 saturated heterocycles. The number of amides is 2. The van der Waals surface area contributed by atoms with Crippen molar-refractivity contribution in [3.63, 3.8) is 0 Å². The summed E-state index contributed by atoms with van der Waals surface area (Å²) >= 11 is 7.27. The number of anilines is 1. The second kappa shape index (κ2) is 11.5. The topological polar surface area (TPSA) is 126 Å². The predicted molar refractivity (Wildman–Crippen MR) is 130 cm³/mol. The Morgan fingerprint density at radius 3 is 2.68 bits per heavy atom. The van der Waals surface area contributed by atoms with Gasteiger partial charge in [-0.2, -0.15) is 0 Å². The number of aromatic carboxylic acids is 1. The van der Waals surface area contributed by atoms with Gasteiger partial charge in [0.25, 0.3) is 5.91 Å². The zero-order valence-electron chi connectivity index (χ0n) is 18.2. The number of halogens is 1. The molecule has 3 rings (SSSR count). The maximum absolute atomic E-state index is 12.6. The Balaban J connectivity index is 1.67. The maximum Gasteiger partial charge on any atom is 0.335 e. The van der Waals surface area contributed by atoms with Crippen molar-refractivity contribution in [2.75, 3.05) is 11.1 Å². The molecule has 0 radical (unpaired) electrons. The molecule has 9 nitrogen and oxygen atoms in total. The van der Waals surface area contributed by atoms with Gasteiger partial charge < -0.3 is 20.3 Å². The molecule has 0 fully saturated rings. The van der Waals surface area contributed by atoms with Crippen LogP contribution in [0.3, 0.4) is 0 Å². The molecule has 3 aromatic rings. The number of thioether (sulfide) groups is 1. The van der Waals surface area contributed by atoms with Crippen molar-refractivity contribution in [1.82, 2.24) is 20.1 Å². The van der Waals surface area contributed by atoms with Gasteiger partial charge in [-0.3, -0.25) is 9.59 Å². The van der Waals surface area contributed by atoms with Gasteiger partial charge in [-0.1, -0.05) is 47.6 Å². The van der Waals surface area contributed by atoms with E-state index >= 15 is 0 Å². The van der Waals surface area contributed by atoms with E-state index in [9.17, 15) is 14.4 Å². The van der Waals surface area contributed by atoms with Crippen molar-refractivity contribution in [2.45, 2.75) is 24.7 Å². The number of carboxylic acid groups (broad SMARTS) is 1. The van der Waals surface area contributed by atoms with E-state index in [2.05, 4.69) is 27.4 Å². The third kappa shape index (κ3) is 6.24. The smallest absolute Gasteiger partial charge is 0.335 e. The minimum atomic E-state index is -1.08. The Bertz CT molecular complexity index is 1230. The molecule has 0 aliphatic rings. The molecule has 1 atom stereocenters. The zero-order valence-corrected chi connectivity index (χ0v) is 19.8. The number of rotatable bonds is 10. The SMILES string of the molecule is C=CCn1c(SCC(=O)Nc2cccc(C(=O)O)c2)nnc1[C@H](C)NC(=O)c1ccccc1Cl. The molecule has 0 aliphatic heterocycles. The lowest BCUT2D eigenvalue weighted by Crippen LogP contribution is -2.29. The van der Waals surface area contributed by atoms with E-state index in [4.69, 9.17) is 16.7 Å². The van der Waals surface area contributed by atoms with Crippen molar-refractivity contribution in [1.29, 1.82) is 0 Å². The van der Waals surface area contributed by atoms with Crippen LogP contribution in [0.25, 0.3) is 0 Å². The molecule has 176 valence electrons. The highest BCUT2D eigenvalue weighted by molar-refractivity contribution is 7.99. The van der Waals surface area contributed by atoms with Crippen molar-refractivity contribution in [3.8, 4) is 0 Å². The van der Waals surface area contributed by atoms with Crippen LogP contribution in [0, 0.1) is 0 Å². The van der Waals surface area contributed by atoms with Crippen LogP contribution in [0.1, 0.15) is 39.5 Å². The van der Waals surface area contributed by atoms with Crippen LogP contribution in [0.15, 0.2) is 66.3 Å². The minimum Gasteiger partial charge on any atom is -0.478 e. The molecule has 0 bridgehead atoms. The number of aromatic nitrogens is 3. The maximum atomic E-state index is 12.6. The number of nitrogens with zero attached hydrogens (tertiary/aromatic N) is 3. The molecule has 11 heteroatoms. The second-order valence-corrected chi connectivity index (χ2v) is 8.49. The number of carbonyl (C=O) groups is 3.